The Labute approximate surface area is 386 Å². The van der Waals surface area contributed by atoms with E-state index in [0.29, 0.717) is 52.1 Å². The first-order valence-corrected chi connectivity index (χ1v) is 23.1. The van der Waals surface area contributed by atoms with Gasteiger partial charge in [0.2, 0.25) is 17.7 Å². The standard InChI is InChI=1S/C16H22N4O3.C16H23N3O3.C15H19N3O3/c21-15-5-8-20(16(22)18-15)13-1-3-14(4-2-13)23-12-11-19-9-6-17-7-10-19;17-9-3-1-2-4-11-22-14-7-5-6-13(12-14)19-10-8-15(20)18-16(19)21;19-14-7-10-18(15(20)17-14)11-1-3-12(4-2-11)21-13-5-8-16-9-6-13/h1-4,17H,5-12H2,(H,18,21,22);5-7,12H,1-4,8-11,17H2,(H,18,20,21);1-4,13,16H,5-10H2,(H,17,19,20). The molecular weight excluding hydrogens is 849 g/mol. The maximum Gasteiger partial charge on any atom is 0.328 e. The molecule has 5 heterocycles. The lowest BCUT2D eigenvalue weighted by atomic mass is 10.1. The summed E-state index contributed by atoms with van der Waals surface area (Å²) >= 11 is 0. The molecule has 5 saturated heterocycles. The molecule has 356 valence electrons. The number of ether oxygens (including phenoxy) is 3. The molecule has 0 unspecified atom stereocenters. The number of nitrogens with two attached hydrogens (primary N) is 1. The van der Waals surface area contributed by atoms with Crippen LogP contribution in [0.25, 0.3) is 0 Å². The fourth-order valence-corrected chi connectivity index (χ4v) is 7.72. The van der Waals surface area contributed by atoms with Crippen LogP contribution in [0.5, 0.6) is 17.2 Å². The van der Waals surface area contributed by atoms with Gasteiger partial charge in [0.1, 0.15) is 30.0 Å². The molecule has 5 aliphatic heterocycles. The summed E-state index contributed by atoms with van der Waals surface area (Å²) in [6.45, 7) is 10.4. The van der Waals surface area contributed by atoms with Gasteiger partial charge in [-0.05, 0) is 106 Å². The monoisotopic (exact) mass is 912 g/mol. The summed E-state index contributed by atoms with van der Waals surface area (Å²) in [5.74, 6) is 1.67. The Bertz CT molecular complexity index is 2060. The van der Waals surface area contributed by atoms with Crippen molar-refractivity contribution < 1.29 is 43.0 Å². The maximum absolute atomic E-state index is 11.8. The minimum Gasteiger partial charge on any atom is -0.494 e. The van der Waals surface area contributed by atoms with E-state index in [1.807, 2.05) is 72.8 Å². The third-order valence-electron chi connectivity index (χ3n) is 11.4. The third kappa shape index (κ3) is 15.7. The summed E-state index contributed by atoms with van der Waals surface area (Å²) in [5.41, 5.74) is 7.74. The topological polar surface area (TPSA) is 229 Å². The Balaban J connectivity index is 0.000000164. The highest BCUT2D eigenvalue weighted by molar-refractivity contribution is 6.07. The molecule has 0 aromatic heterocycles. The summed E-state index contributed by atoms with van der Waals surface area (Å²) in [7, 11) is 0. The Morgan fingerprint density at radius 3 is 1.56 bits per heavy atom. The van der Waals surface area contributed by atoms with Crippen molar-refractivity contribution in [3.8, 4) is 17.2 Å². The van der Waals surface area contributed by atoms with Crippen molar-refractivity contribution in [2.24, 2.45) is 5.73 Å². The Morgan fingerprint density at radius 2 is 1.02 bits per heavy atom. The average molecular weight is 913 g/mol. The van der Waals surface area contributed by atoms with Crippen LogP contribution in [0.2, 0.25) is 0 Å². The number of urea groups is 3. The van der Waals surface area contributed by atoms with Crippen LogP contribution in [0.4, 0.5) is 31.4 Å². The molecule has 7 N–H and O–H groups in total. The highest BCUT2D eigenvalue weighted by atomic mass is 16.5. The van der Waals surface area contributed by atoms with E-state index in [0.717, 1.165) is 125 Å². The SMILES string of the molecule is NCCCCCCOc1cccc(N2CCC(=O)NC2=O)c1.O=C1CCN(c2ccc(OC3CCNCC3)cc2)C(=O)N1.O=C1CCN(c2ccc(OCCN3CCNCC3)cc2)C(=O)N1. The van der Waals surface area contributed by atoms with Gasteiger partial charge >= 0.3 is 18.1 Å². The van der Waals surface area contributed by atoms with Crippen LogP contribution >= 0.6 is 0 Å². The summed E-state index contributed by atoms with van der Waals surface area (Å²) in [6, 6.07) is 21.1. The van der Waals surface area contributed by atoms with Gasteiger partial charge < -0.3 is 30.6 Å². The van der Waals surface area contributed by atoms with E-state index < -0.39 is 0 Å². The van der Waals surface area contributed by atoms with Gasteiger partial charge in [0, 0.05) is 94.7 Å². The van der Waals surface area contributed by atoms with Crippen molar-refractivity contribution in [1.29, 1.82) is 0 Å². The van der Waals surface area contributed by atoms with Crippen LogP contribution in [0, 0.1) is 0 Å². The number of carbonyl (C=O) groups excluding carboxylic acids is 6. The predicted octanol–water partition coefficient (Wildman–Crippen LogP) is 3.71. The van der Waals surface area contributed by atoms with Gasteiger partial charge in [0.05, 0.1) is 6.61 Å². The molecule has 3 aromatic carbocycles. The molecule has 5 aliphatic rings. The Morgan fingerprint density at radius 1 is 0.515 bits per heavy atom. The van der Waals surface area contributed by atoms with Crippen molar-refractivity contribution in [3.05, 3.63) is 72.8 Å². The minimum atomic E-state index is -0.379. The number of amides is 9. The number of benzene rings is 3. The zero-order valence-corrected chi connectivity index (χ0v) is 37.6. The molecule has 0 aliphatic carbocycles. The van der Waals surface area contributed by atoms with Crippen molar-refractivity contribution in [2.75, 3.05) is 99.9 Å². The van der Waals surface area contributed by atoms with E-state index in [1.54, 1.807) is 14.7 Å². The lowest BCUT2D eigenvalue weighted by Gasteiger charge is -2.27. The maximum atomic E-state index is 11.8. The number of anilines is 3. The number of carbonyl (C=O) groups is 6. The van der Waals surface area contributed by atoms with Crippen molar-refractivity contribution in [1.82, 2.24) is 31.5 Å². The summed E-state index contributed by atoms with van der Waals surface area (Å²) in [4.78, 5) is 75.9. The van der Waals surface area contributed by atoms with Crippen LogP contribution < -0.4 is 61.2 Å². The smallest absolute Gasteiger partial charge is 0.328 e. The molecule has 0 radical (unpaired) electrons. The van der Waals surface area contributed by atoms with Crippen molar-refractivity contribution >= 4 is 52.9 Å². The average Bonchev–Trinajstić information content (AvgIpc) is 3.32. The fraction of sp³-hybridized carbons (Fsp3) is 0.489. The molecule has 0 saturated carbocycles. The van der Waals surface area contributed by atoms with Gasteiger partial charge in [0.25, 0.3) is 0 Å². The van der Waals surface area contributed by atoms with Crippen LogP contribution in [0.1, 0.15) is 57.8 Å². The predicted molar refractivity (Wildman–Crippen MR) is 250 cm³/mol. The van der Waals surface area contributed by atoms with E-state index in [1.165, 1.54) is 0 Å². The van der Waals surface area contributed by atoms with Gasteiger partial charge in [-0.15, -0.1) is 0 Å². The van der Waals surface area contributed by atoms with Gasteiger partial charge in [0.15, 0.2) is 0 Å². The number of nitrogens with zero attached hydrogens (tertiary/aromatic N) is 4. The van der Waals surface area contributed by atoms with Crippen molar-refractivity contribution in [2.45, 2.75) is 63.9 Å². The van der Waals surface area contributed by atoms with Gasteiger partial charge in [-0.2, -0.15) is 0 Å². The van der Waals surface area contributed by atoms with Gasteiger partial charge in [-0.25, -0.2) is 14.4 Å². The highest BCUT2D eigenvalue weighted by Crippen LogP contribution is 2.25. The lowest BCUT2D eigenvalue weighted by Crippen LogP contribution is -2.49. The zero-order chi connectivity index (χ0) is 46.5. The molecule has 0 atom stereocenters. The van der Waals surface area contributed by atoms with Gasteiger partial charge in [-0.3, -0.25) is 49.9 Å². The second kappa shape index (κ2) is 26.0. The van der Waals surface area contributed by atoms with Crippen LogP contribution in [0.3, 0.4) is 0 Å². The molecule has 0 bridgehead atoms. The van der Waals surface area contributed by atoms with Crippen molar-refractivity contribution in [3.63, 3.8) is 0 Å². The molecule has 19 heteroatoms. The third-order valence-corrected chi connectivity index (χ3v) is 11.4. The Hall–Kier alpha value is -6.28. The normalized spacial score (nSPS) is 18.2. The largest absolute Gasteiger partial charge is 0.494 e. The molecule has 3 aromatic rings. The van der Waals surface area contributed by atoms with Crippen LogP contribution in [-0.2, 0) is 14.4 Å². The number of hydrogen-bond donors (Lipinski definition) is 6. The van der Waals surface area contributed by atoms with Gasteiger partial charge in [-0.1, -0.05) is 18.9 Å². The van der Waals surface area contributed by atoms with E-state index in [-0.39, 0.29) is 41.9 Å². The van der Waals surface area contributed by atoms with E-state index in [2.05, 4.69) is 31.5 Å². The molecule has 0 spiro atoms. The molecule has 5 fully saturated rings. The molecule has 19 nitrogen and oxygen atoms in total. The molecule has 8 rings (SSSR count). The summed E-state index contributed by atoms with van der Waals surface area (Å²) < 4.78 is 17.4. The quantitative estimate of drug-likeness (QED) is 0.113. The second-order valence-corrected chi connectivity index (χ2v) is 16.3. The van der Waals surface area contributed by atoms with E-state index in [9.17, 15) is 28.8 Å². The second-order valence-electron chi connectivity index (χ2n) is 16.3. The number of nitrogens with one attached hydrogen (secondary N) is 5. The molecular formula is C47H64N10O9. The van der Waals surface area contributed by atoms with Crippen LogP contribution in [0.15, 0.2) is 72.8 Å². The summed E-state index contributed by atoms with van der Waals surface area (Å²) in [6.07, 6.45) is 7.53. The number of hydrogen-bond acceptors (Lipinski definition) is 13. The fourth-order valence-electron chi connectivity index (χ4n) is 7.72. The molecule has 9 amide bonds. The number of imide groups is 3. The first kappa shape index (κ1) is 49.2. The first-order chi connectivity index (χ1) is 32.1. The number of piperazine rings is 1. The van der Waals surface area contributed by atoms with E-state index >= 15 is 0 Å². The Kier molecular flexibility index (Phi) is 19.4. The number of unbranched alkanes of at least 4 members (excludes halogenated alkanes) is 3. The molecule has 66 heavy (non-hydrogen) atoms. The first-order valence-electron chi connectivity index (χ1n) is 23.1. The number of piperidine rings is 1. The van der Waals surface area contributed by atoms with E-state index in [4.69, 9.17) is 19.9 Å². The number of rotatable bonds is 16. The van der Waals surface area contributed by atoms with Crippen LogP contribution in [-0.4, -0.2) is 132 Å². The summed E-state index contributed by atoms with van der Waals surface area (Å²) in [5, 5.41) is 13.6. The minimum absolute atomic E-state index is 0.220. The zero-order valence-electron chi connectivity index (χ0n) is 37.6. The highest BCUT2D eigenvalue weighted by Gasteiger charge is 2.26. The lowest BCUT2D eigenvalue weighted by molar-refractivity contribution is -0.121.